The lowest BCUT2D eigenvalue weighted by molar-refractivity contribution is -0.141. The third-order valence-electron chi connectivity index (χ3n) is 6.65. The molecule has 0 heterocycles. The van der Waals surface area contributed by atoms with E-state index < -0.39 is 24.0 Å². The van der Waals surface area contributed by atoms with Crippen molar-refractivity contribution in [3.63, 3.8) is 0 Å². The second-order valence-corrected chi connectivity index (χ2v) is 9.77. The lowest BCUT2D eigenvalue weighted by Crippen LogP contribution is -2.51. The number of benzene rings is 2. The van der Waals surface area contributed by atoms with E-state index in [1.54, 1.807) is 6.92 Å². The first-order chi connectivity index (χ1) is 16.7. The molecule has 0 bridgehead atoms. The summed E-state index contributed by atoms with van der Waals surface area (Å²) in [5.41, 5.74) is 4.57. The van der Waals surface area contributed by atoms with Gasteiger partial charge in [-0.2, -0.15) is 0 Å². The molecule has 7 nitrogen and oxygen atoms in total. The summed E-state index contributed by atoms with van der Waals surface area (Å²) in [5, 5.41) is 14.7. The zero-order valence-corrected chi connectivity index (χ0v) is 20.9. The van der Waals surface area contributed by atoms with Crippen LogP contribution in [0.25, 0.3) is 11.1 Å². The van der Waals surface area contributed by atoms with E-state index in [9.17, 15) is 14.4 Å². The Hall–Kier alpha value is -3.35. The third-order valence-corrected chi connectivity index (χ3v) is 6.65. The van der Waals surface area contributed by atoms with E-state index in [2.05, 4.69) is 34.9 Å². The maximum absolute atomic E-state index is 12.8. The Morgan fingerprint density at radius 3 is 2.00 bits per heavy atom. The number of carbonyl (C=O) groups is 3. The second-order valence-electron chi connectivity index (χ2n) is 9.77. The lowest BCUT2D eigenvalue weighted by atomic mass is 9.98. The number of carboxylic acid groups (broad SMARTS) is 1. The van der Waals surface area contributed by atoms with Gasteiger partial charge in [-0.1, -0.05) is 75.7 Å². The Labute approximate surface area is 207 Å². The molecule has 0 saturated carbocycles. The van der Waals surface area contributed by atoms with Crippen LogP contribution in [0.3, 0.4) is 0 Å². The molecule has 7 heteroatoms. The zero-order valence-electron chi connectivity index (χ0n) is 20.9. The first-order valence-electron chi connectivity index (χ1n) is 12.3. The van der Waals surface area contributed by atoms with Crippen LogP contribution >= 0.6 is 0 Å². The van der Waals surface area contributed by atoms with Crippen molar-refractivity contribution in [1.29, 1.82) is 0 Å². The van der Waals surface area contributed by atoms with Crippen LogP contribution in [0.4, 0.5) is 4.79 Å². The maximum Gasteiger partial charge on any atom is 0.407 e. The number of hydrogen-bond donors (Lipinski definition) is 3. The molecule has 1 aliphatic carbocycles. The van der Waals surface area contributed by atoms with Gasteiger partial charge in [0.2, 0.25) is 5.91 Å². The van der Waals surface area contributed by atoms with Crippen LogP contribution in [0.5, 0.6) is 0 Å². The van der Waals surface area contributed by atoms with E-state index in [1.165, 1.54) is 0 Å². The highest BCUT2D eigenvalue weighted by atomic mass is 16.5. The van der Waals surface area contributed by atoms with Gasteiger partial charge in [0, 0.05) is 12.0 Å². The van der Waals surface area contributed by atoms with Gasteiger partial charge in [-0.05, 0) is 47.9 Å². The summed E-state index contributed by atoms with van der Waals surface area (Å²) in [7, 11) is 0. The topological polar surface area (TPSA) is 105 Å². The summed E-state index contributed by atoms with van der Waals surface area (Å²) >= 11 is 0. The Kier molecular flexibility index (Phi) is 8.90. The first kappa shape index (κ1) is 26.3. The minimum atomic E-state index is -0.811. The second kappa shape index (κ2) is 11.9. The normalized spacial score (nSPS) is 15.0. The molecular formula is C28H36N2O5. The molecule has 1 aliphatic rings. The molecule has 3 rings (SSSR count). The van der Waals surface area contributed by atoms with Gasteiger partial charge in [0.1, 0.15) is 12.6 Å². The third kappa shape index (κ3) is 6.62. The van der Waals surface area contributed by atoms with Crippen LogP contribution in [-0.4, -0.2) is 41.8 Å². The molecule has 0 spiro atoms. The summed E-state index contributed by atoms with van der Waals surface area (Å²) in [6, 6.07) is 15.4. The van der Waals surface area contributed by atoms with Crippen molar-refractivity contribution in [3.05, 3.63) is 59.7 Å². The van der Waals surface area contributed by atoms with Crippen molar-refractivity contribution in [2.75, 3.05) is 6.61 Å². The summed E-state index contributed by atoms with van der Waals surface area (Å²) in [4.78, 5) is 36.5. The summed E-state index contributed by atoms with van der Waals surface area (Å²) in [6.45, 7) is 7.48. The molecular weight excluding hydrogens is 444 g/mol. The van der Waals surface area contributed by atoms with Crippen molar-refractivity contribution in [2.24, 2.45) is 11.8 Å². The fourth-order valence-electron chi connectivity index (χ4n) is 4.56. The van der Waals surface area contributed by atoms with Crippen LogP contribution in [0.1, 0.15) is 64.0 Å². The smallest absolute Gasteiger partial charge is 0.407 e. The predicted molar refractivity (Wildman–Crippen MR) is 135 cm³/mol. The molecule has 0 saturated heterocycles. The van der Waals surface area contributed by atoms with E-state index >= 15 is 0 Å². The molecule has 2 aromatic carbocycles. The molecule has 2 aromatic rings. The van der Waals surface area contributed by atoms with Crippen molar-refractivity contribution >= 4 is 18.0 Å². The minimum Gasteiger partial charge on any atom is -0.481 e. The van der Waals surface area contributed by atoms with Gasteiger partial charge in [-0.15, -0.1) is 0 Å². The number of aliphatic carboxylic acids is 1. The standard InChI is InChI=1S/C28H36N2O5/c1-17(2)25(26(31)29-19(4)11-9-10-18(3)27(32)33)30-28(34)35-16-24-22-14-7-5-12-20(22)21-13-6-8-15-23(21)24/h5-8,12-15,17-19,24-25H,9-11,16H2,1-4H3,(H,29,31)(H,30,34)(H,32,33). The maximum atomic E-state index is 12.8. The van der Waals surface area contributed by atoms with E-state index in [0.717, 1.165) is 22.3 Å². The SMILES string of the molecule is CC(CCCC(C)C(=O)O)NC(=O)C(NC(=O)OCC1c2ccccc2-c2ccccc21)C(C)C. The van der Waals surface area contributed by atoms with E-state index in [0.29, 0.717) is 19.3 Å². The molecule has 2 amide bonds. The fraction of sp³-hybridized carbons (Fsp3) is 0.464. The van der Waals surface area contributed by atoms with Gasteiger partial charge < -0.3 is 20.5 Å². The number of carbonyl (C=O) groups excluding carboxylic acids is 2. The monoisotopic (exact) mass is 480 g/mol. The van der Waals surface area contributed by atoms with Gasteiger partial charge in [-0.25, -0.2) is 4.79 Å². The van der Waals surface area contributed by atoms with Crippen LogP contribution in [0.2, 0.25) is 0 Å². The van der Waals surface area contributed by atoms with E-state index in [4.69, 9.17) is 9.84 Å². The van der Waals surface area contributed by atoms with Gasteiger partial charge in [0.25, 0.3) is 0 Å². The highest BCUT2D eigenvalue weighted by Crippen LogP contribution is 2.44. The summed E-state index contributed by atoms with van der Waals surface area (Å²) in [5.74, 6) is -1.67. The minimum absolute atomic E-state index is 0.0484. The number of hydrogen-bond acceptors (Lipinski definition) is 4. The number of fused-ring (bicyclic) bond motifs is 3. The number of alkyl carbamates (subject to hydrolysis) is 1. The lowest BCUT2D eigenvalue weighted by Gasteiger charge is -2.24. The van der Waals surface area contributed by atoms with E-state index in [1.807, 2.05) is 45.0 Å². The Morgan fingerprint density at radius 2 is 1.46 bits per heavy atom. The molecule has 0 fully saturated rings. The molecule has 0 radical (unpaired) electrons. The molecule has 3 unspecified atom stereocenters. The Bertz CT molecular complexity index is 1010. The average molecular weight is 481 g/mol. The van der Waals surface area contributed by atoms with Crippen molar-refractivity contribution < 1.29 is 24.2 Å². The fourth-order valence-corrected chi connectivity index (χ4v) is 4.56. The van der Waals surface area contributed by atoms with Gasteiger partial charge in [-0.3, -0.25) is 9.59 Å². The number of ether oxygens (including phenoxy) is 1. The Morgan fingerprint density at radius 1 is 0.886 bits per heavy atom. The van der Waals surface area contributed by atoms with Crippen LogP contribution in [-0.2, 0) is 14.3 Å². The number of rotatable bonds is 11. The molecule has 0 aromatic heterocycles. The van der Waals surface area contributed by atoms with Gasteiger partial charge >= 0.3 is 12.1 Å². The van der Waals surface area contributed by atoms with Crippen LogP contribution in [0, 0.1) is 11.8 Å². The zero-order chi connectivity index (χ0) is 25.5. The summed E-state index contributed by atoms with van der Waals surface area (Å²) in [6.07, 6.45) is 1.30. The summed E-state index contributed by atoms with van der Waals surface area (Å²) < 4.78 is 5.60. The Balaban J connectivity index is 1.54. The molecule has 188 valence electrons. The number of carboxylic acids is 1. The number of amides is 2. The van der Waals surface area contributed by atoms with Crippen LogP contribution in [0.15, 0.2) is 48.5 Å². The number of nitrogens with one attached hydrogen (secondary N) is 2. The van der Waals surface area contributed by atoms with Crippen molar-refractivity contribution in [1.82, 2.24) is 10.6 Å². The van der Waals surface area contributed by atoms with Gasteiger partial charge in [0.05, 0.1) is 5.92 Å². The van der Waals surface area contributed by atoms with E-state index in [-0.39, 0.29) is 30.4 Å². The quantitative estimate of drug-likeness (QED) is 0.422. The predicted octanol–water partition coefficient (Wildman–Crippen LogP) is 4.95. The molecule has 0 aliphatic heterocycles. The van der Waals surface area contributed by atoms with Gasteiger partial charge in [0.15, 0.2) is 0 Å². The molecule has 3 N–H and O–H groups in total. The highest BCUT2D eigenvalue weighted by Gasteiger charge is 2.30. The largest absolute Gasteiger partial charge is 0.481 e. The molecule has 3 atom stereocenters. The molecule has 35 heavy (non-hydrogen) atoms. The average Bonchev–Trinajstić information content (AvgIpc) is 3.14. The van der Waals surface area contributed by atoms with Crippen molar-refractivity contribution in [3.8, 4) is 11.1 Å². The van der Waals surface area contributed by atoms with Crippen molar-refractivity contribution in [2.45, 2.75) is 65.0 Å². The van der Waals surface area contributed by atoms with Crippen LogP contribution < -0.4 is 10.6 Å². The first-order valence-corrected chi connectivity index (χ1v) is 12.3. The highest BCUT2D eigenvalue weighted by molar-refractivity contribution is 5.86.